The highest BCUT2D eigenvalue weighted by molar-refractivity contribution is 7.92. The first-order valence-corrected chi connectivity index (χ1v) is 18.4. The molecule has 0 radical (unpaired) electrons. The molecule has 1 aliphatic heterocycles. The smallest absolute Gasteiger partial charge is 0.329 e. The average Bonchev–Trinajstić information content (AvgIpc) is 3.45. The highest BCUT2D eigenvalue weighted by Gasteiger charge is 2.44. The van der Waals surface area contributed by atoms with Gasteiger partial charge in [0.05, 0.1) is 22.8 Å². The van der Waals surface area contributed by atoms with Gasteiger partial charge in [-0.15, -0.1) is 0 Å². The van der Waals surface area contributed by atoms with Gasteiger partial charge in [-0.1, -0.05) is 51.1 Å². The Bertz CT molecular complexity index is 2110. The fraction of sp³-hybridized carbons (Fsp3) is 0.395. The SMILES string of the molecule is Cc1cccc(C)c1-c1cc(=O)[nH]c(NS(=O)(=O)c2cccc(C(=O)N(Cc3cccc(N4CCC[C@]4(C)C(=O)O)n3)[C@@H](C)CC(C)(C)C)c2)n1. The van der Waals surface area contributed by atoms with Gasteiger partial charge >= 0.3 is 5.97 Å². The van der Waals surface area contributed by atoms with E-state index in [1.54, 1.807) is 34.9 Å². The Balaban J connectivity index is 1.45. The summed E-state index contributed by atoms with van der Waals surface area (Å²) < 4.78 is 29.7. The fourth-order valence-electron chi connectivity index (χ4n) is 6.86. The third-order valence-corrected chi connectivity index (χ3v) is 10.6. The summed E-state index contributed by atoms with van der Waals surface area (Å²) in [6.07, 6.45) is 1.87. The molecule has 0 bridgehead atoms. The van der Waals surface area contributed by atoms with Gasteiger partial charge in [-0.3, -0.25) is 14.6 Å². The summed E-state index contributed by atoms with van der Waals surface area (Å²) in [6, 6.07) is 17.8. The minimum atomic E-state index is -4.29. The third-order valence-electron chi connectivity index (χ3n) is 9.30. The number of benzene rings is 2. The van der Waals surface area contributed by atoms with Crippen molar-refractivity contribution in [3.63, 3.8) is 0 Å². The Morgan fingerprint density at radius 3 is 2.37 bits per heavy atom. The summed E-state index contributed by atoms with van der Waals surface area (Å²) in [5.74, 6) is -1.03. The van der Waals surface area contributed by atoms with E-state index in [1.807, 2.05) is 45.0 Å². The Kier molecular flexibility index (Phi) is 10.4. The number of H-pyrrole nitrogens is 1. The van der Waals surface area contributed by atoms with Crippen molar-refractivity contribution < 1.29 is 23.1 Å². The van der Waals surface area contributed by atoms with Crippen LogP contribution in [0.15, 0.2) is 76.4 Å². The van der Waals surface area contributed by atoms with Crippen LogP contribution in [0.5, 0.6) is 0 Å². The van der Waals surface area contributed by atoms with Crippen LogP contribution in [0.4, 0.5) is 11.8 Å². The van der Waals surface area contributed by atoms with Gasteiger partial charge in [-0.05, 0) is 93.8 Å². The van der Waals surface area contributed by atoms with Crippen molar-refractivity contribution in [3.8, 4) is 11.3 Å². The first-order valence-electron chi connectivity index (χ1n) is 17.0. The topological polar surface area (TPSA) is 166 Å². The first-order chi connectivity index (χ1) is 23.9. The molecule has 4 aromatic rings. The lowest BCUT2D eigenvalue weighted by atomic mass is 9.88. The van der Waals surface area contributed by atoms with Gasteiger partial charge in [0.2, 0.25) is 5.95 Å². The molecule has 2 atom stereocenters. The van der Waals surface area contributed by atoms with Gasteiger partial charge in [-0.25, -0.2) is 27.9 Å². The van der Waals surface area contributed by atoms with Crippen molar-refractivity contribution in [1.82, 2.24) is 19.9 Å². The second kappa shape index (κ2) is 14.3. The van der Waals surface area contributed by atoms with Crippen LogP contribution in [0, 0.1) is 19.3 Å². The molecule has 1 amide bonds. The molecule has 12 nitrogen and oxygen atoms in total. The lowest BCUT2D eigenvalue weighted by Crippen LogP contribution is -2.48. The van der Waals surface area contributed by atoms with E-state index in [-0.39, 0.29) is 34.4 Å². The molecule has 3 N–H and O–H groups in total. The number of hydrogen-bond donors (Lipinski definition) is 3. The van der Waals surface area contributed by atoms with E-state index in [4.69, 9.17) is 4.98 Å². The highest BCUT2D eigenvalue weighted by Crippen LogP contribution is 2.34. The number of carboxylic acid groups (broad SMARTS) is 1. The zero-order chi connectivity index (χ0) is 37.3. The van der Waals surface area contributed by atoms with Crippen LogP contribution in [-0.4, -0.2) is 63.4 Å². The number of pyridine rings is 1. The molecule has 13 heteroatoms. The summed E-state index contributed by atoms with van der Waals surface area (Å²) in [5, 5.41) is 9.96. The predicted octanol–water partition coefficient (Wildman–Crippen LogP) is 6.16. The van der Waals surface area contributed by atoms with Gasteiger partial charge in [0.25, 0.3) is 21.5 Å². The number of aliphatic carboxylic acids is 1. The lowest BCUT2D eigenvalue weighted by Gasteiger charge is -2.34. The van der Waals surface area contributed by atoms with Gasteiger partial charge in [0, 0.05) is 29.8 Å². The Labute approximate surface area is 299 Å². The van der Waals surface area contributed by atoms with Crippen LogP contribution in [0.2, 0.25) is 0 Å². The fourth-order valence-corrected chi connectivity index (χ4v) is 7.87. The molecule has 0 unspecified atom stereocenters. The molecule has 5 rings (SSSR count). The van der Waals surface area contributed by atoms with Crippen LogP contribution < -0.4 is 15.2 Å². The molecule has 2 aromatic carbocycles. The maximum Gasteiger partial charge on any atom is 0.329 e. The molecule has 0 aliphatic carbocycles. The monoisotopic (exact) mass is 714 g/mol. The van der Waals surface area contributed by atoms with Crippen LogP contribution in [0.25, 0.3) is 11.3 Å². The molecule has 0 saturated carbocycles. The van der Waals surface area contributed by atoms with Crippen molar-refractivity contribution >= 4 is 33.7 Å². The molecule has 51 heavy (non-hydrogen) atoms. The van der Waals surface area contributed by atoms with E-state index in [0.29, 0.717) is 36.6 Å². The summed E-state index contributed by atoms with van der Waals surface area (Å²) in [5.41, 5.74) is 1.82. The standard InChI is InChI=1S/C38H46N6O6S/c1-24-12-8-13-25(2)33(24)30-21-32(45)41-36(40-30)42-51(49,50)29-16-9-14-27(20-29)34(46)43(26(3)22-37(4,5)6)23-28-15-10-17-31(39-28)44-19-11-18-38(44,7)35(47)48/h8-10,12-17,20-21,26H,11,18-19,22-23H2,1-7H3,(H,47,48)(H2,40,41,42,45)/t26-,38+/m0/s1. The minimum Gasteiger partial charge on any atom is -0.480 e. The van der Waals surface area contributed by atoms with Crippen molar-refractivity contribution in [2.75, 3.05) is 16.2 Å². The Morgan fingerprint density at radius 2 is 1.71 bits per heavy atom. The summed E-state index contributed by atoms with van der Waals surface area (Å²) in [4.78, 5) is 54.0. The zero-order valence-electron chi connectivity index (χ0n) is 30.1. The van der Waals surface area contributed by atoms with Crippen molar-refractivity contribution in [1.29, 1.82) is 0 Å². The molecule has 1 saturated heterocycles. The zero-order valence-corrected chi connectivity index (χ0v) is 31.0. The predicted molar refractivity (Wildman–Crippen MR) is 197 cm³/mol. The number of aryl methyl sites for hydroxylation is 2. The molecule has 0 spiro atoms. The number of anilines is 2. The molecule has 3 heterocycles. The van der Waals surface area contributed by atoms with Crippen molar-refractivity contribution in [2.45, 2.75) is 90.7 Å². The average molecular weight is 715 g/mol. The third kappa shape index (κ3) is 8.30. The maximum atomic E-state index is 14.3. The number of amides is 1. The van der Waals surface area contributed by atoms with E-state index in [1.165, 1.54) is 24.3 Å². The van der Waals surface area contributed by atoms with Crippen LogP contribution in [0.3, 0.4) is 0 Å². The number of aromatic amines is 1. The van der Waals surface area contributed by atoms with Gasteiger partial charge in [0.15, 0.2) is 0 Å². The van der Waals surface area contributed by atoms with Crippen molar-refractivity contribution in [3.05, 3.63) is 99.5 Å². The number of hydrogen-bond acceptors (Lipinski definition) is 8. The van der Waals surface area contributed by atoms with Crippen LogP contribution in [-0.2, 0) is 21.4 Å². The van der Waals surface area contributed by atoms with Gasteiger partial charge in [-0.2, -0.15) is 0 Å². The first kappa shape index (κ1) is 37.2. The normalized spacial score (nSPS) is 16.9. The number of nitrogens with one attached hydrogen (secondary N) is 2. The van der Waals surface area contributed by atoms with E-state index < -0.39 is 33.0 Å². The van der Waals surface area contributed by atoms with E-state index in [2.05, 4.69) is 35.5 Å². The summed E-state index contributed by atoms with van der Waals surface area (Å²) in [7, 11) is -4.29. The molecule has 2 aromatic heterocycles. The second-order valence-corrected chi connectivity index (χ2v) is 16.4. The van der Waals surface area contributed by atoms with Crippen LogP contribution in [0.1, 0.15) is 81.1 Å². The number of rotatable bonds is 11. The Hall–Kier alpha value is -5.04. The van der Waals surface area contributed by atoms with Crippen LogP contribution >= 0.6 is 0 Å². The molecule has 1 fully saturated rings. The summed E-state index contributed by atoms with van der Waals surface area (Å²) >= 11 is 0. The minimum absolute atomic E-state index is 0.118. The second-order valence-electron chi connectivity index (χ2n) is 14.7. The number of aromatic nitrogens is 3. The quantitative estimate of drug-likeness (QED) is 0.165. The number of nitrogens with zero attached hydrogens (tertiary/aromatic N) is 4. The Morgan fingerprint density at radius 1 is 1.04 bits per heavy atom. The van der Waals surface area contributed by atoms with E-state index >= 15 is 0 Å². The lowest BCUT2D eigenvalue weighted by molar-refractivity contribution is -0.142. The molecule has 270 valence electrons. The molecule has 1 aliphatic rings. The largest absolute Gasteiger partial charge is 0.480 e. The summed E-state index contributed by atoms with van der Waals surface area (Å²) in [6.45, 7) is 14.3. The van der Waals surface area contributed by atoms with Crippen molar-refractivity contribution in [2.24, 2.45) is 5.41 Å². The molecular weight excluding hydrogens is 669 g/mol. The number of sulfonamides is 1. The number of carbonyl (C=O) groups excluding carboxylic acids is 1. The number of carbonyl (C=O) groups is 2. The van der Waals surface area contributed by atoms with Gasteiger partial charge in [0.1, 0.15) is 11.4 Å². The number of carboxylic acids is 1. The van der Waals surface area contributed by atoms with E-state index in [0.717, 1.165) is 23.1 Å². The van der Waals surface area contributed by atoms with Gasteiger partial charge < -0.3 is 14.9 Å². The highest BCUT2D eigenvalue weighted by atomic mass is 32.2. The van der Waals surface area contributed by atoms with E-state index in [9.17, 15) is 27.9 Å². The maximum absolute atomic E-state index is 14.3. The molecular formula is C38H46N6O6S.